The van der Waals surface area contributed by atoms with E-state index >= 15 is 0 Å². The van der Waals surface area contributed by atoms with Gasteiger partial charge in [0.05, 0.1) is 29.9 Å². The molecule has 1 amide bonds. The Labute approximate surface area is 164 Å². The molecule has 0 atom stereocenters. The van der Waals surface area contributed by atoms with E-state index in [0.29, 0.717) is 21.6 Å². The number of ether oxygens (including phenoxy) is 2. The molecule has 0 spiro atoms. The van der Waals surface area contributed by atoms with Crippen LogP contribution in [-0.4, -0.2) is 41.5 Å². The third-order valence-electron chi connectivity index (χ3n) is 4.02. The summed E-state index contributed by atoms with van der Waals surface area (Å²) in [4.78, 5) is 45.4. The van der Waals surface area contributed by atoms with Crippen LogP contribution in [0.15, 0.2) is 30.5 Å². The molecule has 0 aliphatic heterocycles. The van der Waals surface area contributed by atoms with Crippen molar-refractivity contribution in [3.63, 3.8) is 0 Å². The van der Waals surface area contributed by atoms with Gasteiger partial charge in [-0.15, -0.1) is 11.3 Å². The second kappa shape index (κ2) is 8.13. The molecule has 0 unspecified atom stereocenters. The van der Waals surface area contributed by atoms with Crippen molar-refractivity contribution < 1.29 is 23.9 Å². The maximum atomic E-state index is 12.2. The van der Waals surface area contributed by atoms with Crippen LogP contribution in [0.4, 0.5) is 5.00 Å². The third kappa shape index (κ3) is 3.99. The van der Waals surface area contributed by atoms with Crippen LogP contribution in [0, 0.1) is 13.8 Å². The van der Waals surface area contributed by atoms with Gasteiger partial charge in [0, 0.05) is 4.88 Å². The molecule has 0 radical (unpaired) electrons. The molecule has 2 heterocycles. The lowest BCUT2D eigenvalue weighted by Crippen LogP contribution is -2.22. The van der Waals surface area contributed by atoms with Gasteiger partial charge >= 0.3 is 11.9 Å². The Morgan fingerprint density at radius 1 is 1.11 bits per heavy atom. The molecule has 1 N–H and O–H groups in total. The number of benzene rings is 1. The first-order valence-electron chi connectivity index (χ1n) is 8.27. The number of esters is 2. The molecule has 9 heteroatoms. The number of nitrogens with zero attached hydrogens (tertiary/aromatic N) is 2. The van der Waals surface area contributed by atoms with E-state index in [2.05, 4.69) is 15.3 Å². The van der Waals surface area contributed by atoms with Gasteiger partial charge in [0.15, 0.2) is 12.3 Å². The number of methoxy groups -OCH3 is 1. The number of aromatic nitrogens is 2. The highest BCUT2D eigenvalue weighted by Gasteiger charge is 2.22. The van der Waals surface area contributed by atoms with E-state index in [1.165, 1.54) is 24.6 Å². The number of amides is 1. The monoisotopic (exact) mass is 399 g/mol. The number of carbonyl (C=O) groups excluding carboxylic acids is 3. The lowest BCUT2D eigenvalue weighted by Gasteiger charge is -2.07. The van der Waals surface area contributed by atoms with E-state index < -0.39 is 24.5 Å². The second-order valence-electron chi connectivity index (χ2n) is 5.85. The highest BCUT2D eigenvalue weighted by atomic mass is 32.1. The second-order valence-corrected chi connectivity index (χ2v) is 7.07. The zero-order valence-electron chi connectivity index (χ0n) is 15.4. The summed E-state index contributed by atoms with van der Waals surface area (Å²) in [5, 5.41) is 2.94. The van der Waals surface area contributed by atoms with Gasteiger partial charge in [-0.3, -0.25) is 9.78 Å². The Morgan fingerprint density at radius 3 is 2.54 bits per heavy atom. The van der Waals surface area contributed by atoms with Gasteiger partial charge in [0.1, 0.15) is 5.00 Å². The highest BCUT2D eigenvalue weighted by molar-refractivity contribution is 7.16. The summed E-state index contributed by atoms with van der Waals surface area (Å²) in [7, 11) is 1.27. The Hall–Kier alpha value is -3.33. The maximum Gasteiger partial charge on any atom is 0.359 e. The average molecular weight is 399 g/mol. The Morgan fingerprint density at radius 2 is 1.82 bits per heavy atom. The largest absolute Gasteiger partial charge is 0.465 e. The third-order valence-corrected chi connectivity index (χ3v) is 5.14. The van der Waals surface area contributed by atoms with Crippen molar-refractivity contribution in [1.82, 2.24) is 9.97 Å². The van der Waals surface area contributed by atoms with Crippen molar-refractivity contribution >= 4 is 45.2 Å². The van der Waals surface area contributed by atoms with Crippen LogP contribution in [0.1, 0.15) is 31.3 Å². The van der Waals surface area contributed by atoms with E-state index in [4.69, 9.17) is 9.47 Å². The van der Waals surface area contributed by atoms with Crippen LogP contribution >= 0.6 is 11.3 Å². The molecule has 8 nitrogen and oxygen atoms in total. The zero-order chi connectivity index (χ0) is 20.3. The van der Waals surface area contributed by atoms with Crippen molar-refractivity contribution in [1.29, 1.82) is 0 Å². The highest BCUT2D eigenvalue weighted by Crippen LogP contribution is 2.32. The number of hydrogen-bond acceptors (Lipinski definition) is 8. The van der Waals surface area contributed by atoms with Crippen LogP contribution in [0.5, 0.6) is 0 Å². The summed E-state index contributed by atoms with van der Waals surface area (Å²) < 4.78 is 9.77. The van der Waals surface area contributed by atoms with E-state index in [1.54, 1.807) is 25.1 Å². The van der Waals surface area contributed by atoms with E-state index in [1.807, 2.05) is 13.0 Å². The number of anilines is 1. The normalized spacial score (nSPS) is 10.5. The predicted octanol–water partition coefficient (Wildman–Crippen LogP) is 2.89. The molecular weight excluding hydrogens is 382 g/mol. The van der Waals surface area contributed by atoms with E-state index in [-0.39, 0.29) is 5.69 Å². The van der Waals surface area contributed by atoms with Gasteiger partial charge in [-0.1, -0.05) is 12.1 Å². The quantitative estimate of drug-likeness (QED) is 0.657. The van der Waals surface area contributed by atoms with Gasteiger partial charge in [-0.25, -0.2) is 14.6 Å². The molecule has 144 valence electrons. The summed E-state index contributed by atoms with van der Waals surface area (Å²) in [6.07, 6.45) is 1.30. The van der Waals surface area contributed by atoms with E-state index in [0.717, 1.165) is 10.4 Å². The van der Waals surface area contributed by atoms with Crippen LogP contribution < -0.4 is 5.32 Å². The first-order chi connectivity index (χ1) is 13.4. The number of thiophene rings is 1. The first kappa shape index (κ1) is 19.4. The SMILES string of the molecule is COC(=O)c1c(NC(=O)COC(=O)c2cnc3ccccc3n2)sc(C)c1C. The molecule has 3 aromatic rings. The van der Waals surface area contributed by atoms with Crippen molar-refractivity contribution in [2.75, 3.05) is 19.0 Å². The number of rotatable bonds is 5. The number of para-hydroxylation sites is 2. The molecule has 0 aliphatic carbocycles. The standard InChI is InChI=1S/C19H17N3O5S/c1-10-11(2)28-17(16(10)19(25)26-3)22-15(23)9-27-18(24)14-8-20-12-6-4-5-7-13(12)21-14/h4-8H,9H2,1-3H3,(H,22,23). The first-order valence-corrected chi connectivity index (χ1v) is 9.09. The molecule has 0 saturated heterocycles. The van der Waals surface area contributed by atoms with Gasteiger partial charge in [-0.2, -0.15) is 0 Å². The van der Waals surface area contributed by atoms with Crippen molar-refractivity contribution in [3.8, 4) is 0 Å². The molecule has 0 saturated carbocycles. The minimum Gasteiger partial charge on any atom is -0.465 e. The van der Waals surface area contributed by atoms with Crippen LogP contribution in [0.25, 0.3) is 11.0 Å². The average Bonchev–Trinajstić information content (AvgIpc) is 2.98. The molecule has 2 aromatic heterocycles. The van der Waals surface area contributed by atoms with Crippen molar-refractivity contribution in [2.24, 2.45) is 0 Å². The van der Waals surface area contributed by atoms with E-state index in [9.17, 15) is 14.4 Å². The van der Waals surface area contributed by atoms with Gasteiger partial charge < -0.3 is 14.8 Å². The smallest absolute Gasteiger partial charge is 0.359 e. The zero-order valence-corrected chi connectivity index (χ0v) is 16.3. The van der Waals surface area contributed by atoms with Gasteiger partial charge in [-0.05, 0) is 31.5 Å². The number of fused-ring (bicyclic) bond motifs is 1. The Kier molecular flexibility index (Phi) is 5.65. The Balaban J connectivity index is 1.66. The molecule has 28 heavy (non-hydrogen) atoms. The Bertz CT molecular complexity index is 1080. The fraction of sp³-hybridized carbons (Fsp3) is 0.211. The summed E-state index contributed by atoms with van der Waals surface area (Å²) in [6.45, 7) is 3.08. The minimum atomic E-state index is -0.764. The van der Waals surface area contributed by atoms with Gasteiger partial charge in [0.2, 0.25) is 0 Å². The number of nitrogens with one attached hydrogen (secondary N) is 1. The lowest BCUT2D eigenvalue weighted by atomic mass is 10.1. The topological polar surface area (TPSA) is 107 Å². The molecular formula is C19H17N3O5S. The maximum absolute atomic E-state index is 12.2. The summed E-state index contributed by atoms with van der Waals surface area (Å²) in [5.74, 6) is -1.88. The predicted molar refractivity (Wildman–Crippen MR) is 104 cm³/mol. The molecule has 1 aromatic carbocycles. The minimum absolute atomic E-state index is 0.00422. The van der Waals surface area contributed by atoms with Crippen LogP contribution in [-0.2, 0) is 14.3 Å². The number of carbonyl (C=O) groups is 3. The molecule has 0 fully saturated rings. The summed E-state index contributed by atoms with van der Waals surface area (Å²) in [6, 6.07) is 7.09. The fourth-order valence-electron chi connectivity index (χ4n) is 2.49. The molecule has 0 bridgehead atoms. The summed E-state index contributed by atoms with van der Waals surface area (Å²) in [5.41, 5.74) is 2.23. The van der Waals surface area contributed by atoms with Crippen molar-refractivity contribution in [2.45, 2.75) is 13.8 Å². The van der Waals surface area contributed by atoms with Crippen molar-refractivity contribution in [3.05, 3.63) is 52.2 Å². The fourth-order valence-corrected chi connectivity index (χ4v) is 3.55. The molecule has 0 aliphatic rings. The number of aryl methyl sites for hydroxylation is 1. The van der Waals surface area contributed by atoms with Crippen LogP contribution in [0.2, 0.25) is 0 Å². The molecule has 3 rings (SSSR count). The summed E-state index contributed by atoms with van der Waals surface area (Å²) >= 11 is 1.25. The lowest BCUT2D eigenvalue weighted by molar-refractivity contribution is -0.119. The van der Waals surface area contributed by atoms with Gasteiger partial charge in [0.25, 0.3) is 5.91 Å². The van der Waals surface area contributed by atoms with Crippen LogP contribution in [0.3, 0.4) is 0 Å². The number of hydrogen-bond donors (Lipinski definition) is 1.